The number of hydrogen-bond donors (Lipinski definition) is 1. The molecule has 4 heteroatoms. The van der Waals surface area contributed by atoms with Gasteiger partial charge in [0.25, 0.3) is 0 Å². The zero-order valence-electron chi connectivity index (χ0n) is 10.7. The van der Waals surface area contributed by atoms with Gasteiger partial charge < -0.3 is 5.73 Å². The highest BCUT2D eigenvalue weighted by atomic mass is 79.9. The van der Waals surface area contributed by atoms with Gasteiger partial charge in [0.15, 0.2) is 0 Å². The molecule has 0 aliphatic rings. The van der Waals surface area contributed by atoms with Crippen LogP contribution in [0.3, 0.4) is 0 Å². The molecule has 19 heavy (non-hydrogen) atoms. The normalized spacial score (nSPS) is 12.5. The Labute approximate surface area is 131 Å². The number of benzene rings is 2. The van der Waals surface area contributed by atoms with Crippen LogP contribution in [0.25, 0.3) is 0 Å². The Kier molecular flexibility index (Phi) is 4.57. The van der Waals surface area contributed by atoms with E-state index in [1.807, 2.05) is 44.2 Å². The molecule has 0 spiro atoms. The summed E-state index contributed by atoms with van der Waals surface area (Å²) in [7, 11) is 0. The molecule has 0 bridgehead atoms. The summed E-state index contributed by atoms with van der Waals surface area (Å²) >= 11 is 15.9. The van der Waals surface area contributed by atoms with E-state index >= 15 is 0 Å². The van der Waals surface area contributed by atoms with Crippen LogP contribution < -0.4 is 5.73 Å². The smallest absolute Gasteiger partial charge is 0.0581 e. The first kappa shape index (κ1) is 14.9. The van der Waals surface area contributed by atoms with Crippen LogP contribution in [0.1, 0.15) is 28.3 Å². The van der Waals surface area contributed by atoms with Crippen LogP contribution in [0.4, 0.5) is 0 Å². The quantitative estimate of drug-likeness (QED) is 0.761. The van der Waals surface area contributed by atoms with E-state index in [0.29, 0.717) is 10.0 Å². The minimum atomic E-state index is -0.326. The summed E-state index contributed by atoms with van der Waals surface area (Å²) in [6, 6.07) is 9.33. The van der Waals surface area contributed by atoms with Gasteiger partial charge in [0, 0.05) is 14.5 Å². The zero-order chi connectivity index (χ0) is 14.2. The maximum atomic E-state index is 6.30. The lowest BCUT2D eigenvalue weighted by Gasteiger charge is -2.17. The van der Waals surface area contributed by atoms with Gasteiger partial charge in [-0.3, -0.25) is 0 Å². The van der Waals surface area contributed by atoms with E-state index in [9.17, 15) is 0 Å². The molecule has 0 fully saturated rings. The van der Waals surface area contributed by atoms with Crippen molar-refractivity contribution >= 4 is 39.1 Å². The highest BCUT2D eigenvalue weighted by Crippen LogP contribution is 2.33. The van der Waals surface area contributed by atoms with Crippen LogP contribution in [-0.2, 0) is 0 Å². The summed E-state index contributed by atoms with van der Waals surface area (Å²) in [5.41, 5.74) is 10.4. The molecule has 0 radical (unpaired) electrons. The van der Waals surface area contributed by atoms with E-state index in [1.165, 1.54) is 5.56 Å². The lowest BCUT2D eigenvalue weighted by molar-refractivity contribution is 0.869. The third-order valence-corrected chi connectivity index (χ3v) is 4.39. The van der Waals surface area contributed by atoms with Crippen LogP contribution in [0, 0.1) is 13.8 Å². The fraction of sp³-hybridized carbons (Fsp3) is 0.200. The third-order valence-electron chi connectivity index (χ3n) is 3.25. The topological polar surface area (TPSA) is 26.0 Å². The van der Waals surface area contributed by atoms with E-state index in [-0.39, 0.29) is 6.04 Å². The highest BCUT2D eigenvalue weighted by Gasteiger charge is 2.16. The molecular formula is C15H14BrCl2N. The average Bonchev–Trinajstić information content (AvgIpc) is 2.33. The van der Waals surface area contributed by atoms with Crippen molar-refractivity contribution in [3.8, 4) is 0 Å². The Balaban J connectivity index is 2.49. The molecule has 1 atom stereocenters. The molecule has 2 aromatic carbocycles. The van der Waals surface area contributed by atoms with Gasteiger partial charge in [0.05, 0.1) is 6.04 Å². The summed E-state index contributed by atoms with van der Waals surface area (Å²) in [5, 5.41) is 1.31. The Hall–Kier alpha value is -0.540. The fourth-order valence-electron chi connectivity index (χ4n) is 1.96. The van der Waals surface area contributed by atoms with Crippen LogP contribution in [0.15, 0.2) is 34.8 Å². The third kappa shape index (κ3) is 3.14. The number of rotatable bonds is 2. The minimum absolute atomic E-state index is 0.326. The second-order valence-corrected chi connectivity index (χ2v) is 6.33. The largest absolute Gasteiger partial charge is 0.320 e. The fourth-order valence-corrected chi connectivity index (χ4v) is 3.09. The van der Waals surface area contributed by atoms with Gasteiger partial charge in [-0.05, 0) is 54.3 Å². The number of halogens is 3. The Morgan fingerprint density at radius 3 is 2.16 bits per heavy atom. The van der Waals surface area contributed by atoms with Crippen LogP contribution in [0.5, 0.6) is 0 Å². The first-order chi connectivity index (χ1) is 8.90. The number of aryl methyl sites for hydroxylation is 2. The molecular weight excluding hydrogens is 345 g/mol. The summed E-state index contributed by atoms with van der Waals surface area (Å²) in [6.45, 7) is 4.08. The van der Waals surface area contributed by atoms with Crippen LogP contribution >= 0.6 is 39.1 Å². The van der Waals surface area contributed by atoms with Gasteiger partial charge in [0.1, 0.15) is 0 Å². The average molecular weight is 359 g/mol. The van der Waals surface area contributed by atoms with E-state index in [0.717, 1.165) is 21.2 Å². The van der Waals surface area contributed by atoms with Crippen molar-refractivity contribution < 1.29 is 0 Å². The SMILES string of the molecule is Cc1cc(Cl)c(C(N)c2ccc(Br)cc2Cl)cc1C. The second-order valence-electron chi connectivity index (χ2n) is 4.60. The van der Waals surface area contributed by atoms with Gasteiger partial charge >= 0.3 is 0 Å². The molecule has 1 unspecified atom stereocenters. The lowest BCUT2D eigenvalue weighted by Crippen LogP contribution is -2.13. The van der Waals surface area contributed by atoms with E-state index in [2.05, 4.69) is 15.9 Å². The summed E-state index contributed by atoms with van der Waals surface area (Å²) in [5.74, 6) is 0. The number of hydrogen-bond acceptors (Lipinski definition) is 1. The Morgan fingerprint density at radius 2 is 1.53 bits per heavy atom. The molecule has 0 aliphatic carbocycles. The van der Waals surface area contributed by atoms with Crippen LogP contribution in [0.2, 0.25) is 10.0 Å². The van der Waals surface area contributed by atoms with Gasteiger partial charge in [-0.15, -0.1) is 0 Å². The first-order valence-electron chi connectivity index (χ1n) is 5.87. The van der Waals surface area contributed by atoms with E-state index in [1.54, 1.807) is 0 Å². The van der Waals surface area contributed by atoms with Crippen molar-refractivity contribution in [2.24, 2.45) is 5.73 Å². The molecule has 0 heterocycles. The highest BCUT2D eigenvalue weighted by molar-refractivity contribution is 9.10. The molecule has 100 valence electrons. The van der Waals surface area contributed by atoms with Gasteiger partial charge in [-0.1, -0.05) is 51.3 Å². The van der Waals surface area contributed by atoms with Crippen molar-refractivity contribution in [3.05, 3.63) is 67.1 Å². The maximum Gasteiger partial charge on any atom is 0.0581 e. The van der Waals surface area contributed by atoms with Crippen molar-refractivity contribution in [3.63, 3.8) is 0 Å². The monoisotopic (exact) mass is 357 g/mol. The van der Waals surface area contributed by atoms with Crippen molar-refractivity contribution in [1.29, 1.82) is 0 Å². The zero-order valence-corrected chi connectivity index (χ0v) is 13.8. The second kappa shape index (κ2) is 5.84. The molecule has 0 aliphatic heterocycles. The number of nitrogens with two attached hydrogens (primary N) is 1. The summed E-state index contributed by atoms with van der Waals surface area (Å²) in [6.07, 6.45) is 0. The lowest BCUT2D eigenvalue weighted by atomic mass is 9.96. The first-order valence-corrected chi connectivity index (χ1v) is 7.42. The predicted molar refractivity (Wildman–Crippen MR) is 86.1 cm³/mol. The van der Waals surface area contributed by atoms with E-state index in [4.69, 9.17) is 28.9 Å². The Bertz CT molecular complexity index is 626. The molecule has 2 N–H and O–H groups in total. The molecule has 0 amide bonds. The van der Waals surface area contributed by atoms with Crippen molar-refractivity contribution in [2.45, 2.75) is 19.9 Å². The van der Waals surface area contributed by atoms with E-state index < -0.39 is 0 Å². The van der Waals surface area contributed by atoms with Crippen molar-refractivity contribution in [2.75, 3.05) is 0 Å². The van der Waals surface area contributed by atoms with Gasteiger partial charge in [0.2, 0.25) is 0 Å². The Morgan fingerprint density at radius 1 is 0.947 bits per heavy atom. The summed E-state index contributed by atoms with van der Waals surface area (Å²) < 4.78 is 0.930. The molecule has 1 nitrogen and oxygen atoms in total. The molecule has 0 saturated carbocycles. The predicted octanol–water partition coefficient (Wildman–Crippen LogP) is 5.42. The molecule has 0 saturated heterocycles. The van der Waals surface area contributed by atoms with Crippen LogP contribution in [-0.4, -0.2) is 0 Å². The van der Waals surface area contributed by atoms with Crippen molar-refractivity contribution in [1.82, 2.24) is 0 Å². The maximum absolute atomic E-state index is 6.30. The standard InChI is InChI=1S/C15H14BrCl2N/c1-8-5-12(13(17)6-9(8)2)15(19)11-4-3-10(16)7-14(11)18/h3-7,15H,19H2,1-2H3. The molecule has 2 aromatic rings. The molecule has 0 aromatic heterocycles. The molecule has 2 rings (SSSR count). The summed E-state index contributed by atoms with van der Waals surface area (Å²) in [4.78, 5) is 0. The van der Waals surface area contributed by atoms with Gasteiger partial charge in [-0.2, -0.15) is 0 Å². The minimum Gasteiger partial charge on any atom is -0.320 e. The van der Waals surface area contributed by atoms with Gasteiger partial charge in [-0.25, -0.2) is 0 Å².